The standard InChI is InChI=1S/C31H46F2N4O7Si/c1-31(2,3)44-30(41)34-23-11-12-35(18-26(32)33)17-25(23)43-21-7-8-22-20(15-21)16-36(28(22)39)24-9-10-27(38)37(29(24)40)19-42-13-14-45(4,5)6/h7-8,15,23-26H,9-14,16-19H2,1-6H3,(H,34,41)/t23-,24?,25-/m1/s1. The molecule has 3 aliphatic heterocycles. The number of amides is 4. The Labute approximate surface area is 264 Å². The van der Waals surface area contributed by atoms with Crippen LogP contribution in [0.4, 0.5) is 13.6 Å². The number of ether oxygens (including phenoxy) is 3. The summed E-state index contributed by atoms with van der Waals surface area (Å²) >= 11 is 0. The smallest absolute Gasteiger partial charge is 0.408 e. The van der Waals surface area contributed by atoms with Crippen molar-refractivity contribution in [2.45, 2.75) is 102 Å². The molecule has 4 rings (SSSR count). The Bertz CT molecular complexity index is 1270. The molecule has 14 heteroatoms. The zero-order valence-corrected chi connectivity index (χ0v) is 28.1. The van der Waals surface area contributed by atoms with Gasteiger partial charge in [-0.05, 0) is 63.4 Å². The van der Waals surface area contributed by atoms with Crippen molar-refractivity contribution in [3.05, 3.63) is 29.3 Å². The highest BCUT2D eigenvalue weighted by Crippen LogP contribution is 2.32. The number of imide groups is 1. The predicted octanol–water partition coefficient (Wildman–Crippen LogP) is 4.08. The molecule has 3 heterocycles. The molecule has 2 saturated heterocycles. The highest BCUT2D eigenvalue weighted by atomic mass is 28.3. The second kappa shape index (κ2) is 14.1. The van der Waals surface area contributed by atoms with Crippen molar-refractivity contribution < 1.29 is 42.2 Å². The summed E-state index contributed by atoms with van der Waals surface area (Å²) in [5.74, 6) is -0.666. The number of hydrogen-bond donors (Lipinski definition) is 1. The van der Waals surface area contributed by atoms with E-state index in [0.717, 1.165) is 10.9 Å². The van der Waals surface area contributed by atoms with E-state index in [-0.39, 0.29) is 44.5 Å². The van der Waals surface area contributed by atoms with E-state index in [9.17, 15) is 28.0 Å². The summed E-state index contributed by atoms with van der Waals surface area (Å²) in [6, 6.07) is 4.58. The van der Waals surface area contributed by atoms with Crippen LogP contribution < -0.4 is 10.1 Å². The van der Waals surface area contributed by atoms with Gasteiger partial charge in [0.05, 0.1) is 12.6 Å². The monoisotopic (exact) mass is 652 g/mol. The molecule has 0 spiro atoms. The van der Waals surface area contributed by atoms with E-state index in [0.29, 0.717) is 36.4 Å². The second-order valence-electron chi connectivity index (χ2n) is 14.2. The van der Waals surface area contributed by atoms with E-state index >= 15 is 0 Å². The number of nitrogens with one attached hydrogen (secondary N) is 1. The Balaban J connectivity index is 1.44. The lowest BCUT2D eigenvalue weighted by Crippen LogP contribution is -2.57. The summed E-state index contributed by atoms with van der Waals surface area (Å²) in [7, 11) is -1.34. The first-order chi connectivity index (χ1) is 21.0. The number of carbonyl (C=O) groups is 4. The molecule has 4 amide bonds. The molecule has 1 aromatic carbocycles. The maximum Gasteiger partial charge on any atom is 0.408 e. The van der Waals surface area contributed by atoms with Crippen molar-refractivity contribution in [1.82, 2.24) is 20.0 Å². The number of fused-ring (bicyclic) bond motifs is 1. The maximum atomic E-state index is 13.4. The Morgan fingerprint density at radius 1 is 1.13 bits per heavy atom. The second-order valence-corrected chi connectivity index (χ2v) is 19.8. The van der Waals surface area contributed by atoms with Gasteiger partial charge in [-0.1, -0.05) is 19.6 Å². The van der Waals surface area contributed by atoms with E-state index in [1.807, 2.05) is 0 Å². The van der Waals surface area contributed by atoms with Gasteiger partial charge in [-0.15, -0.1) is 0 Å². The molecule has 1 N–H and O–H groups in total. The molecule has 2 fully saturated rings. The molecule has 1 aromatic rings. The van der Waals surface area contributed by atoms with E-state index in [1.165, 1.54) is 4.90 Å². The maximum absolute atomic E-state index is 13.4. The normalized spacial score (nSPS) is 23.0. The number of alkyl carbamates (subject to hydrolysis) is 1. The van der Waals surface area contributed by atoms with Crippen molar-refractivity contribution in [3.8, 4) is 5.75 Å². The SMILES string of the molecule is CC(C)(C)OC(=O)N[C@@H]1CCN(CC(F)F)C[C@H]1Oc1ccc2c(c1)CN(C1CCC(=O)N(COCC[Si](C)(C)C)C1=O)C2=O. The van der Waals surface area contributed by atoms with Gasteiger partial charge in [0.25, 0.3) is 18.2 Å². The number of alkyl halides is 2. The molecule has 11 nitrogen and oxygen atoms in total. The number of piperidine rings is 2. The molecule has 0 aliphatic carbocycles. The van der Waals surface area contributed by atoms with E-state index in [1.54, 1.807) is 43.9 Å². The molecular weight excluding hydrogens is 606 g/mol. The van der Waals surface area contributed by atoms with Gasteiger partial charge >= 0.3 is 6.09 Å². The van der Waals surface area contributed by atoms with Crippen LogP contribution in [-0.2, 0) is 25.6 Å². The molecule has 0 aromatic heterocycles. The van der Waals surface area contributed by atoms with E-state index in [4.69, 9.17) is 14.2 Å². The van der Waals surface area contributed by atoms with Gasteiger partial charge in [0.2, 0.25) is 5.91 Å². The van der Waals surface area contributed by atoms with Crippen LogP contribution in [0.25, 0.3) is 0 Å². The molecule has 3 aliphatic rings. The Morgan fingerprint density at radius 3 is 2.53 bits per heavy atom. The lowest BCUT2D eigenvalue weighted by Gasteiger charge is -2.38. The van der Waals surface area contributed by atoms with Crippen LogP contribution in [0.3, 0.4) is 0 Å². The number of rotatable bonds is 11. The van der Waals surface area contributed by atoms with Crippen molar-refractivity contribution >= 4 is 31.9 Å². The van der Waals surface area contributed by atoms with Gasteiger partial charge in [-0.2, -0.15) is 0 Å². The summed E-state index contributed by atoms with van der Waals surface area (Å²) in [6.07, 6.45) is -3.05. The lowest BCUT2D eigenvalue weighted by molar-refractivity contribution is -0.158. The summed E-state index contributed by atoms with van der Waals surface area (Å²) in [4.78, 5) is 56.0. The minimum absolute atomic E-state index is 0.130. The van der Waals surface area contributed by atoms with Gasteiger partial charge in [0, 0.05) is 46.3 Å². The van der Waals surface area contributed by atoms with Crippen molar-refractivity contribution in [3.63, 3.8) is 0 Å². The van der Waals surface area contributed by atoms with Crippen LogP contribution in [0.2, 0.25) is 25.7 Å². The van der Waals surface area contributed by atoms with Crippen molar-refractivity contribution in [2.75, 3.05) is 33.0 Å². The fraction of sp³-hybridized carbons (Fsp3) is 0.677. The predicted molar refractivity (Wildman–Crippen MR) is 165 cm³/mol. The molecule has 0 radical (unpaired) electrons. The van der Waals surface area contributed by atoms with Crippen LogP contribution in [0.5, 0.6) is 5.75 Å². The number of likely N-dealkylation sites (tertiary alicyclic amines) is 2. The highest BCUT2D eigenvalue weighted by molar-refractivity contribution is 6.76. The highest BCUT2D eigenvalue weighted by Gasteiger charge is 2.43. The third-order valence-electron chi connectivity index (χ3n) is 8.01. The van der Waals surface area contributed by atoms with Crippen LogP contribution in [0.1, 0.15) is 56.0 Å². The average Bonchev–Trinajstić information content (AvgIpc) is 3.23. The Hall–Kier alpha value is -3.10. The first-order valence-corrected chi connectivity index (χ1v) is 19.2. The lowest BCUT2D eigenvalue weighted by atomic mass is 10.0. The summed E-state index contributed by atoms with van der Waals surface area (Å²) in [5.41, 5.74) is 0.369. The van der Waals surface area contributed by atoms with Crippen LogP contribution >= 0.6 is 0 Å². The van der Waals surface area contributed by atoms with Gasteiger partial charge < -0.3 is 24.4 Å². The minimum Gasteiger partial charge on any atom is -0.487 e. The molecule has 0 bridgehead atoms. The zero-order valence-electron chi connectivity index (χ0n) is 27.1. The summed E-state index contributed by atoms with van der Waals surface area (Å²) < 4.78 is 43.7. The minimum atomic E-state index is -2.51. The third kappa shape index (κ3) is 9.45. The Morgan fingerprint density at radius 2 is 1.87 bits per heavy atom. The first-order valence-electron chi connectivity index (χ1n) is 15.5. The van der Waals surface area contributed by atoms with Gasteiger partial charge in [-0.25, -0.2) is 13.6 Å². The average molecular weight is 653 g/mol. The zero-order chi connectivity index (χ0) is 33.1. The number of benzene rings is 1. The number of halogens is 2. The van der Waals surface area contributed by atoms with Crippen LogP contribution in [0.15, 0.2) is 18.2 Å². The third-order valence-corrected chi connectivity index (χ3v) is 9.72. The van der Waals surface area contributed by atoms with Gasteiger partial charge in [0.15, 0.2) is 0 Å². The first kappa shape index (κ1) is 34.8. The molecule has 250 valence electrons. The van der Waals surface area contributed by atoms with E-state index < -0.39 is 56.8 Å². The number of hydrogen-bond acceptors (Lipinski definition) is 8. The largest absolute Gasteiger partial charge is 0.487 e. The number of carbonyl (C=O) groups excluding carboxylic acids is 4. The topological polar surface area (TPSA) is 118 Å². The fourth-order valence-electron chi connectivity index (χ4n) is 5.68. The fourth-order valence-corrected chi connectivity index (χ4v) is 6.44. The van der Waals surface area contributed by atoms with Crippen LogP contribution in [0, 0.1) is 0 Å². The molecule has 1 unspecified atom stereocenters. The molecule has 3 atom stereocenters. The molecule has 0 saturated carbocycles. The summed E-state index contributed by atoms with van der Waals surface area (Å²) in [5, 5.41) is 2.83. The molecule has 45 heavy (non-hydrogen) atoms. The summed E-state index contributed by atoms with van der Waals surface area (Å²) in [6.45, 7) is 12.5. The number of nitrogens with zero attached hydrogens (tertiary/aromatic N) is 3. The molecular formula is C31H46F2N4O7Si. The van der Waals surface area contributed by atoms with Crippen molar-refractivity contribution in [2.24, 2.45) is 0 Å². The van der Waals surface area contributed by atoms with Gasteiger partial charge in [-0.3, -0.25) is 24.2 Å². The Kier molecular flexibility index (Phi) is 10.9. The quantitative estimate of drug-likeness (QED) is 0.216. The van der Waals surface area contributed by atoms with Gasteiger partial charge in [0.1, 0.15) is 30.2 Å². The van der Waals surface area contributed by atoms with Crippen LogP contribution in [-0.4, -0.2) is 110 Å². The van der Waals surface area contributed by atoms with Crippen molar-refractivity contribution in [1.29, 1.82) is 0 Å². The van der Waals surface area contributed by atoms with E-state index in [2.05, 4.69) is 25.0 Å².